The Morgan fingerprint density at radius 3 is 1.42 bits per heavy atom. The van der Waals surface area contributed by atoms with Crippen molar-refractivity contribution >= 4 is 56.0 Å². The van der Waals surface area contributed by atoms with E-state index in [0.29, 0.717) is 11.5 Å². The number of benzene rings is 2. The lowest BCUT2D eigenvalue weighted by atomic mass is 10.2. The molecule has 2 amide bonds. The second-order valence-electron chi connectivity index (χ2n) is 4.49. The van der Waals surface area contributed by atoms with Gasteiger partial charge in [0.2, 0.25) is 0 Å². The molecule has 0 aromatic heterocycles. The Labute approximate surface area is 158 Å². The Kier molecular flexibility index (Phi) is 9.04. The molecule has 24 heavy (non-hydrogen) atoms. The summed E-state index contributed by atoms with van der Waals surface area (Å²) in [7, 11) is 1.77. The molecule has 2 N–H and O–H groups in total. The Morgan fingerprint density at radius 1 is 0.667 bits per heavy atom. The number of hydrogen-bond acceptors (Lipinski definition) is 6. The van der Waals surface area contributed by atoms with Gasteiger partial charge < -0.3 is 0 Å². The Bertz CT molecular complexity index is 584. The van der Waals surface area contributed by atoms with E-state index in [1.54, 1.807) is 0 Å². The van der Waals surface area contributed by atoms with Crippen LogP contribution in [0.4, 0.5) is 9.59 Å². The van der Waals surface area contributed by atoms with Crippen LogP contribution in [0.3, 0.4) is 0 Å². The van der Waals surface area contributed by atoms with Gasteiger partial charge in [0.25, 0.3) is 10.5 Å². The van der Waals surface area contributed by atoms with Crippen LogP contribution in [0.15, 0.2) is 60.7 Å². The normalized spacial score (nSPS) is 10.2. The lowest BCUT2D eigenvalue weighted by molar-refractivity contribution is 0.264. The molecule has 0 saturated heterocycles. The molecule has 0 aliphatic heterocycles. The highest BCUT2D eigenvalue weighted by molar-refractivity contribution is 8.87. The van der Waals surface area contributed by atoms with Crippen LogP contribution in [-0.2, 0) is 11.5 Å². The van der Waals surface area contributed by atoms with E-state index in [4.69, 9.17) is 0 Å². The van der Waals surface area contributed by atoms with Crippen molar-refractivity contribution in [2.45, 2.75) is 11.5 Å². The Balaban J connectivity index is 1.53. The molecule has 2 aromatic rings. The average Bonchev–Trinajstić information content (AvgIpc) is 2.62. The van der Waals surface area contributed by atoms with Crippen LogP contribution in [0.1, 0.15) is 11.1 Å². The largest absolute Gasteiger partial charge is 0.300 e. The zero-order chi connectivity index (χ0) is 17.0. The fourth-order valence-corrected chi connectivity index (χ4v) is 4.56. The number of amides is 2. The molecule has 0 bridgehead atoms. The van der Waals surface area contributed by atoms with Gasteiger partial charge in [-0.3, -0.25) is 19.0 Å². The van der Waals surface area contributed by atoms with E-state index in [2.05, 4.69) is 9.44 Å². The summed E-state index contributed by atoms with van der Waals surface area (Å²) in [5, 5.41) is -0.492. The molecule has 8 heteroatoms. The minimum Gasteiger partial charge on any atom is -0.290 e. The highest BCUT2D eigenvalue weighted by Gasteiger charge is 2.09. The molecule has 0 aliphatic rings. The molecule has 0 spiro atoms. The minimum absolute atomic E-state index is 0.246. The summed E-state index contributed by atoms with van der Waals surface area (Å²) in [6.45, 7) is 0. The zero-order valence-corrected chi connectivity index (χ0v) is 15.9. The van der Waals surface area contributed by atoms with E-state index in [-0.39, 0.29) is 10.5 Å². The van der Waals surface area contributed by atoms with Crippen molar-refractivity contribution in [3.8, 4) is 0 Å². The Hall–Kier alpha value is -1.22. The fraction of sp³-hybridized carbons (Fsp3) is 0.125. The van der Waals surface area contributed by atoms with Crippen molar-refractivity contribution in [1.82, 2.24) is 9.44 Å². The first kappa shape index (κ1) is 19.1. The zero-order valence-electron chi connectivity index (χ0n) is 12.6. The first-order valence-corrected chi connectivity index (χ1v) is 11.1. The lowest BCUT2D eigenvalue weighted by Gasteiger charge is -2.04. The average molecular weight is 397 g/mol. The maximum Gasteiger partial charge on any atom is 0.300 e. The number of nitrogens with one attached hydrogen (secondary N) is 2. The van der Waals surface area contributed by atoms with E-state index in [1.807, 2.05) is 60.7 Å². The van der Waals surface area contributed by atoms with Crippen molar-refractivity contribution in [2.24, 2.45) is 0 Å². The second kappa shape index (κ2) is 11.4. The topological polar surface area (TPSA) is 58.2 Å². The summed E-state index contributed by atoms with van der Waals surface area (Å²) in [6, 6.07) is 19.7. The predicted octanol–water partition coefficient (Wildman–Crippen LogP) is 5.48. The van der Waals surface area contributed by atoms with E-state index < -0.39 is 0 Å². The number of hydrogen-bond donors (Lipinski definition) is 2. The van der Waals surface area contributed by atoms with Gasteiger partial charge in [-0.25, -0.2) is 0 Å². The molecule has 2 aromatic carbocycles. The number of rotatable bonds is 6. The van der Waals surface area contributed by atoms with Crippen LogP contribution >= 0.6 is 45.5 Å². The SMILES string of the molecule is O=C(NSCc1ccccc1)SSC(=O)NSCc1ccccc1. The van der Waals surface area contributed by atoms with E-state index in [1.165, 1.54) is 23.9 Å². The maximum atomic E-state index is 11.7. The molecule has 0 radical (unpaired) electrons. The molecule has 4 nitrogen and oxygen atoms in total. The van der Waals surface area contributed by atoms with Crippen LogP contribution in [0.2, 0.25) is 0 Å². The van der Waals surface area contributed by atoms with E-state index in [0.717, 1.165) is 32.7 Å². The first-order chi connectivity index (χ1) is 11.7. The van der Waals surface area contributed by atoms with Gasteiger partial charge in [-0.15, -0.1) is 0 Å². The fourth-order valence-electron chi connectivity index (χ4n) is 1.61. The molecule has 0 atom stereocenters. The van der Waals surface area contributed by atoms with Crippen LogP contribution in [0.25, 0.3) is 0 Å². The molecule has 0 saturated carbocycles. The van der Waals surface area contributed by atoms with Crippen molar-refractivity contribution in [2.75, 3.05) is 0 Å². The third-order valence-corrected chi connectivity index (χ3v) is 6.29. The summed E-state index contributed by atoms with van der Waals surface area (Å²) < 4.78 is 5.40. The van der Waals surface area contributed by atoms with Gasteiger partial charge >= 0.3 is 0 Å². The smallest absolute Gasteiger partial charge is 0.290 e. The highest BCUT2D eigenvalue weighted by Crippen LogP contribution is 2.25. The third-order valence-electron chi connectivity index (χ3n) is 2.67. The van der Waals surface area contributed by atoms with Gasteiger partial charge in [0.15, 0.2) is 0 Å². The predicted molar refractivity (Wildman–Crippen MR) is 108 cm³/mol. The van der Waals surface area contributed by atoms with Crippen LogP contribution < -0.4 is 9.44 Å². The van der Waals surface area contributed by atoms with E-state index >= 15 is 0 Å². The summed E-state index contributed by atoms with van der Waals surface area (Å²) >= 11 is 2.62. The third kappa shape index (κ3) is 8.05. The van der Waals surface area contributed by atoms with Crippen LogP contribution in [0.5, 0.6) is 0 Å². The molecule has 0 fully saturated rings. The monoisotopic (exact) mass is 396 g/mol. The second-order valence-corrected chi connectivity index (χ2v) is 8.13. The van der Waals surface area contributed by atoms with Crippen molar-refractivity contribution in [3.63, 3.8) is 0 Å². The standard InChI is InChI=1S/C16H16N2O2S4/c19-15(17-21-11-13-7-3-1-4-8-13)23-24-16(20)18-22-12-14-9-5-2-6-10-14/h1-10H,11-12H2,(H,17,19)(H,18,20). The molecule has 0 unspecified atom stereocenters. The van der Waals surface area contributed by atoms with Crippen LogP contribution in [-0.4, -0.2) is 10.5 Å². The van der Waals surface area contributed by atoms with Gasteiger partial charge in [0.05, 0.1) is 0 Å². The molecule has 126 valence electrons. The summed E-state index contributed by atoms with van der Waals surface area (Å²) in [5.74, 6) is 1.38. The van der Waals surface area contributed by atoms with Gasteiger partial charge in [-0.1, -0.05) is 60.7 Å². The van der Waals surface area contributed by atoms with Gasteiger partial charge in [0.1, 0.15) is 0 Å². The van der Waals surface area contributed by atoms with Gasteiger partial charge in [0, 0.05) is 33.1 Å². The summed E-state index contributed by atoms with van der Waals surface area (Å²) in [5.41, 5.74) is 2.27. The Morgan fingerprint density at radius 2 is 1.04 bits per heavy atom. The van der Waals surface area contributed by atoms with Crippen molar-refractivity contribution in [1.29, 1.82) is 0 Å². The molecular weight excluding hydrogens is 380 g/mol. The van der Waals surface area contributed by atoms with Gasteiger partial charge in [-0.05, 0) is 35.0 Å². The molecule has 0 heterocycles. The maximum absolute atomic E-state index is 11.7. The highest BCUT2D eigenvalue weighted by atomic mass is 33.1. The molecule has 0 aliphatic carbocycles. The van der Waals surface area contributed by atoms with Crippen molar-refractivity contribution < 1.29 is 9.59 Å². The van der Waals surface area contributed by atoms with Gasteiger partial charge in [-0.2, -0.15) is 0 Å². The molecule has 2 rings (SSSR count). The van der Waals surface area contributed by atoms with Crippen LogP contribution in [0, 0.1) is 0 Å². The lowest BCUT2D eigenvalue weighted by Crippen LogP contribution is -2.12. The summed E-state index contributed by atoms with van der Waals surface area (Å²) in [4.78, 5) is 23.3. The number of carbonyl (C=O) groups is 2. The van der Waals surface area contributed by atoms with Crippen molar-refractivity contribution in [3.05, 3.63) is 71.8 Å². The number of carbonyl (C=O) groups excluding carboxylic acids is 2. The molecular formula is C16H16N2O2S4. The first-order valence-electron chi connectivity index (χ1n) is 7.00. The van der Waals surface area contributed by atoms with E-state index in [9.17, 15) is 9.59 Å². The summed E-state index contributed by atoms with van der Waals surface area (Å²) in [6.07, 6.45) is 0. The minimum atomic E-state index is -0.246. The quantitative estimate of drug-likeness (QED) is 0.498.